The van der Waals surface area contributed by atoms with Crippen molar-refractivity contribution in [3.63, 3.8) is 0 Å². The number of nitrogens with two attached hydrogens (primary N) is 1. The monoisotopic (exact) mass is 215 g/mol. The molecule has 0 aliphatic carbocycles. The maximum absolute atomic E-state index is 10.8. The average Bonchev–Trinajstić information content (AvgIpc) is 2.29. The number of nitrogens with zero attached hydrogens (tertiary/aromatic N) is 2. The van der Waals surface area contributed by atoms with Crippen molar-refractivity contribution < 1.29 is 9.90 Å². The minimum Gasteiger partial charge on any atom is -0.478 e. The number of nitrogen functional groups attached to an aromatic ring is 1. The van der Waals surface area contributed by atoms with Crippen LogP contribution in [0.3, 0.4) is 0 Å². The standard InChI is InChI=1S/C11H9N3O2/c12-10-3-7(1-2-9(10)11(15)16)8-4-13-6-14-5-8/h1-6H,12H2,(H,15,16). The molecule has 1 aromatic carbocycles. The van der Waals surface area contributed by atoms with E-state index in [0.717, 1.165) is 11.1 Å². The molecule has 5 heteroatoms. The van der Waals surface area contributed by atoms with Gasteiger partial charge in [-0.2, -0.15) is 0 Å². The predicted octanol–water partition coefficient (Wildman–Crippen LogP) is 1.42. The van der Waals surface area contributed by atoms with Gasteiger partial charge >= 0.3 is 5.97 Å². The zero-order valence-corrected chi connectivity index (χ0v) is 8.29. The molecule has 16 heavy (non-hydrogen) atoms. The van der Waals surface area contributed by atoms with Crippen LogP contribution in [-0.4, -0.2) is 21.0 Å². The number of anilines is 1. The van der Waals surface area contributed by atoms with Gasteiger partial charge in [0.2, 0.25) is 0 Å². The second-order valence-electron chi connectivity index (χ2n) is 3.23. The van der Waals surface area contributed by atoms with Gasteiger partial charge in [0, 0.05) is 23.6 Å². The lowest BCUT2D eigenvalue weighted by molar-refractivity contribution is 0.0698. The first-order valence-electron chi connectivity index (χ1n) is 4.56. The van der Waals surface area contributed by atoms with Gasteiger partial charge in [0.15, 0.2) is 0 Å². The Kier molecular flexibility index (Phi) is 2.51. The lowest BCUT2D eigenvalue weighted by Gasteiger charge is -2.04. The van der Waals surface area contributed by atoms with Gasteiger partial charge in [-0.1, -0.05) is 6.07 Å². The lowest BCUT2D eigenvalue weighted by Crippen LogP contribution is -2.02. The zero-order valence-electron chi connectivity index (χ0n) is 8.29. The van der Waals surface area contributed by atoms with Crippen LogP contribution in [0.2, 0.25) is 0 Å². The molecular weight excluding hydrogens is 206 g/mol. The summed E-state index contributed by atoms with van der Waals surface area (Å²) >= 11 is 0. The maximum atomic E-state index is 10.8. The van der Waals surface area contributed by atoms with Crippen molar-refractivity contribution >= 4 is 11.7 Å². The van der Waals surface area contributed by atoms with Gasteiger partial charge in [-0.25, -0.2) is 14.8 Å². The Balaban J connectivity index is 2.46. The molecular formula is C11H9N3O2. The summed E-state index contributed by atoms with van der Waals surface area (Å²) in [5.74, 6) is -1.03. The summed E-state index contributed by atoms with van der Waals surface area (Å²) in [5.41, 5.74) is 7.56. The van der Waals surface area contributed by atoms with Gasteiger partial charge in [-0.05, 0) is 17.7 Å². The smallest absolute Gasteiger partial charge is 0.337 e. The molecule has 2 aromatic rings. The summed E-state index contributed by atoms with van der Waals surface area (Å²) < 4.78 is 0. The molecule has 0 fully saturated rings. The van der Waals surface area contributed by atoms with E-state index in [-0.39, 0.29) is 11.3 Å². The molecule has 1 heterocycles. The number of carboxylic acids is 1. The van der Waals surface area contributed by atoms with E-state index in [1.54, 1.807) is 24.5 Å². The fourth-order valence-corrected chi connectivity index (χ4v) is 1.39. The summed E-state index contributed by atoms with van der Waals surface area (Å²) in [5, 5.41) is 8.82. The number of aromatic nitrogens is 2. The van der Waals surface area contributed by atoms with Crippen LogP contribution in [-0.2, 0) is 0 Å². The number of aromatic carboxylic acids is 1. The van der Waals surface area contributed by atoms with Crippen LogP contribution in [0.25, 0.3) is 11.1 Å². The van der Waals surface area contributed by atoms with E-state index in [1.807, 2.05) is 0 Å². The fraction of sp³-hybridized carbons (Fsp3) is 0. The largest absolute Gasteiger partial charge is 0.478 e. The molecule has 0 bridgehead atoms. The summed E-state index contributed by atoms with van der Waals surface area (Å²) in [6.45, 7) is 0. The van der Waals surface area contributed by atoms with Crippen LogP contribution in [0.1, 0.15) is 10.4 Å². The van der Waals surface area contributed by atoms with E-state index in [0.29, 0.717) is 0 Å². The quantitative estimate of drug-likeness (QED) is 0.739. The molecule has 0 aliphatic heterocycles. The number of hydrogen-bond acceptors (Lipinski definition) is 4. The minimum absolute atomic E-state index is 0.0978. The van der Waals surface area contributed by atoms with Crippen molar-refractivity contribution in [3.05, 3.63) is 42.5 Å². The van der Waals surface area contributed by atoms with Gasteiger partial charge in [0.1, 0.15) is 6.33 Å². The first kappa shape index (κ1) is 10.1. The third kappa shape index (κ3) is 1.83. The van der Waals surface area contributed by atoms with Crippen LogP contribution in [0, 0.1) is 0 Å². The van der Waals surface area contributed by atoms with Crippen molar-refractivity contribution in [2.45, 2.75) is 0 Å². The third-order valence-corrected chi connectivity index (χ3v) is 2.18. The molecule has 1 aromatic heterocycles. The normalized spacial score (nSPS) is 10.0. The highest BCUT2D eigenvalue weighted by Gasteiger charge is 2.08. The minimum atomic E-state index is -1.03. The highest BCUT2D eigenvalue weighted by molar-refractivity contribution is 5.94. The number of carboxylic acid groups (broad SMARTS) is 1. The molecule has 3 N–H and O–H groups in total. The molecule has 0 radical (unpaired) electrons. The average molecular weight is 215 g/mol. The van der Waals surface area contributed by atoms with Crippen molar-refractivity contribution in [1.29, 1.82) is 0 Å². The number of rotatable bonds is 2. The van der Waals surface area contributed by atoms with Gasteiger partial charge in [0.05, 0.1) is 5.56 Å². The Hall–Kier alpha value is -2.43. The molecule has 0 saturated heterocycles. The van der Waals surface area contributed by atoms with Crippen LogP contribution in [0.15, 0.2) is 36.9 Å². The molecule has 0 unspecified atom stereocenters. The molecule has 5 nitrogen and oxygen atoms in total. The van der Waals surface area contributed by atoms with E-state index < -0.39 is 5.97 Å². The predicted molar refractivity (Wildman–Crippen MR) is 58.8 cm³/mol. The van der Waals surface area contributed by atoms with Crippen LogP contribution >= 0.6 is 0 Å². The van der Waals surface area contributed by atoms with E-state index >= 15 is 0 Å². The first-order valence-corrected chi connectivity index (χ1v) is 4.56. The summed E-state index contributed by atoms with van der Waals surface area (Å²) in [6, 6.07) is 4.75. The number of carbonyl (C=O) groups is 1. The molecule has 2 rings (SSSR count). The second-order valence-corrected chi connectivity index (χ2v) is 3.23. The van der Waals surface area contributed by atoms with Gasteiger partial charge in [-0.15, -0.1) is 0 Å². The molecule has 80 valence electrons. The first-order chi connectivity index (χ1) is 7.68. The number of hydrogen-bond donors (Lipinski definition) is 2. The van der Waals surface area contributed by atoms with Crippen molar-refractivity contribution in [3.8, 4) is 11.1 Å². The summed E-state index contributed by atoms with van der Waals surface area (Å²) in [7, 11) is 0. The Bertz CT molecular complexity index is 526. The highest BCUT2D eigenvalue weighted by atomic mass is 16.4. The van der Waals surface area contributed by atoms with Crippen molar-refractivity contribution in [2.24, 2.45) is 0 Å². The Morgan fingerprint density at radius 1 is 1.19 bits per heavy atom. The molecule has 0 aliphatic rings. The van der Waals surface area contributed by atoms with E-state index in [9.17, 15) is 4.79 Å². The lowest BCUT2D eigenvalue weighted by atomic mass is 10.1. The Morgan fingerprint density at radius 2 is 1.88 bits per heavy atom. The third-order valence-electron chi connectivity index (χ3n) is 2.18. The van der Waals surface area contributed by atoms with E-state index in [4.69, 9.17) is 10.8 Å². The Labute approximate surface area is 91.6 Å². The zero-order chi connectivity index (χ0) is 11.5. The van der Waals surface area contributed by atoms with Crippen molar-refractivity contribution in [2.75, 3.05) is 5.73 Å². The summed E-state index contributed by atoms with van der Waals surface area (Å²) in [6.07, 6.45) is 4.71. The van der Waals surface area contributed by atoms with Crippen molar-refractivity contribution in [1.82, 2.24) is 9.97 Å². The summed E-state index contributed by atoms with van der Waals surface area (Å²) in [4.78, 5) is 18.5. The highest BCUT2D eigenvalue weighted by Crippen LogP contribution is 2.22. The molecule has 0 spiro atoms. The fourth-order valence-electron chi connectivity index (χ4n) is 1.39. The van der Waals surface area contributed by atoms with Gasteiger partial charge < -0.3 is 10.8 Å². The van der Waals surface area contributed by atoms with Crippen LogP contribution in [0.4, 0.5) is 5.69 Å². The molecule has 0 saturated carbocycles. The number of benzene rings is 1. The van der Waals surface area contributed by atoms with E-state index in [1.165, 1.54) is 12.4 Å². The van der Waals surface area contributed by atoms with Gasteiger partial charge in [0.25, 0.3) is 0 Å². The maximum Gasteiger partial charge on any atom is 0.337 e. The van der Waals surface area contributed by atoms with Gasteiger partial charge in [-0.3, -0.25) is 0 Å². The van der Waals surface area contributed by atoms with Crippen LogP contribution < -0.4 is 5.73 Å². The topological polar surface area (TPSA) is 89.1 Å². The van der Waals surface area contributed by atoms with E-state index in [2.05, 4.69) is 9.97 Å². The molecule has 0 atom stereocenters. The SMILES string of the molecule is Nc1cc(-c2cncnc2)ccc1C(=O)O. The Morgan fingerprint density at radius 3 is 2.44 bits per heavy atom. The molecule has 0 amide bonds. The second kappa shape index (κ2) is 3.98. The van der Waals surface area contributed by atoms with Crippen LogP contribution in [0.5, 0.6) is 0 Å².